The fourth-order valence-corrected chi connectivity index (χ4v) is 4.54. The van der Waals surface area contributed by atoms with Gasteiger partial charge < -0.3 is 10.2 Å². The van der Waals surface area contributed by atoms with Gasteiger partial charge in [0.05, 0.1) is 14.3 Å². The van der Waals surface area contributed by atoms with Crippen molar-refractivity contribution in [1.82, 2.24) is 5.32 Å². The Morgan fingerprint density at radius 3 is 1.73 bits per heavy atom. The monoisotopic (exact) mass is 520 g/mol. The third-order valence-electron chi connectivity index (χ3n) is 5.67. The molecule has 2 heterocycles. The van der Waals surface area contributed by atoms with Crippen LogP contribution in [-0.2, 0) is 0 Å². The van der Waals surface area contributed by atoms with Crippen LogP contribution in [0.1, 0.15) is 49.7 Å². The first kappa shape index (κ1) is 26.7. The van der Waals surface area contributed by atoms with Crippen LogP contribution in [0.15, 0.2) is 40.9 Å². The van der Waals surface area contributed by atoms with Crippen molar-refractivity contribution >= 4 is 33.0 Å². The minimum absolute atomic E-state index is 0.146. The topological polar surface area (TPSA) is 102 Å². The summed E-state index contributed by atoms with van der Waals surface area (Å²) in [5, 5.41) is 24.8. The first-order valence-electron chi connectivity index (χ1n) is 11.4. The van der Waals surface area contributed by atoms with Gasteiger partial charge in [0.25, 0.3) is 11.4 Å². The van der Waals surface area contributed by atoms with E-state index >= 15 is 0 Å². The Morgan fingerprint density at radius 1 is 0.788 bits per heavy atom. The van der Waals surface area contributed by atoms with Gasteiger partial charge in [-0.3, -0.25) is 20.2 Å². The van der Waals surface area contributed by atoms with E-state index in [1.807, 2.05) is 12.1 Å². The van der Waals surface area contributed by atoms with Crippen molar-refractivity contribution in [3.8, 4) is 0 Å². The number of para-hydroxylation sites is 2. The lowest BCUT2D eigenvalue weighted by Crippen LogP contribution is -2.30. The molecule has 0 amide bonds. The van der Waals surface area contributed by atoms with E-state index in [9.17, 15) is 20.2 Å². The predicted molar refractivity (Wildman–Crippen MR) is 136 cm³/mol. The van der Waals surface area contributed by atoms with E-state index in [0.29, 0.717) is 10.0 Å². The summed E-state index contributed by atoms with van der Waals surface area (Å²) in [6.07, 6.45) is 7.71. The summed E-state index contributed by atoms with van der Waals surface area (Å²) in [6, 6.07) is 10.7. The zero-order chi connectivity index (χ0) is 24.2. The number of nitrogens with zero attached hydrogens (tertiary/aromatic N) is 3. The number of nitrogens with one attached hydrogen (secondary N) is 1. The van der Waals surface area contributed by atoms with Crippen LogP contribution in [0.25, 0.3) is 0 Å². The van der Waals surface area contributed by atoms with E-state index in [-0.39, 0.29) is 21.2 Å². The molecule has 1 N–H and O–H groups in total. The lowest BCUT2D eigenvalue weighted by molar-refractivity contribution is -0.386. The number of rotatable bonds is 3. The van der Waals surface area contributed by atoms with Gasteiger partial charge in [0, 0.05) is 24.2 Å². The Morgan fingerprint density at radius 2 is 1.30 bits per heavy atom. The highest BCUT2D eigenvalue weighted by molar-refractivity contribution is 9.10. The first-order chi connectivity index (χ1) is 15.8. The number of benzene rings is 2. The molecule has 0 radical (unpaired) electrons. The van der Waals surface area contributed by atoms with Crippen LogP contribution in [0.4, 0.5) is 17.1 Å². The molecule has 2 aromatic carbocycles. The SMILES string of the molecule is C1CCNCC1.Cc1cccc(Br)c1[N+](=O)[O-].Cc1cccc(N2CCCCC2)c1[N+](=O)[O-]. The predicted octanol–water partition coefficient (Wildman–Crippen LogP) is 6.32. The molecule has 0 bridgehead atoms. The molecular weight excluding hydrogens is 488 g/mol. The van der Waals surface area contributed by atoms with Crippen molar-refractivity contribution in [3.63, 3.8) is 0 Å². The van der Waals surface area contributed by atoms with Gasteiger partial charge in [-0.2, -0.15) is 0 Å². The Kier molecular flexibility index (Phi) is 11.3. The molecule has 0 unspecified atom stereocenters. The third kappa shape index (κ3) is 8.40. The molecule has 2 saturated heterocycles. The third-order valence-corrected chi connectivity index (χ3v) is 6.31. The van der Waals surface area contributed by atoms with Crippen molar-refractivity contribution in [3.05, 3.63) is 72.2 Å². The molecule has 0 aliphatic carbocycles. The zero-order valence-corrected chi connectivity index (χ0v) is 21.0. The molecule has 2 aliphatic heterocycles. The number of nitro benzene ring substituents is 2. The van der Waals surface area contributed by atoms with Crippen LogP contribution in [0.5, 0.6) is 0 Å². The molecule has 4 rings (SSSR count). The van der Waals surface area contributed by atoms with Gasteiger partial charge in [0.1, 0.15) is 5.69 Å². The van der Waals surface area contributed by atoms with Gasteiger partial charge in [-0.05, 0) is 87.1 Å². The van der Waals surface area contributed by atoms with E-state index in [1.54, 1.807) is 38.1 Å². The minimum Gasteiger partial charge on any atom is -0.366 e. The average molecular weight is 521 g/mol. The number of hydrogen-bond acceptors (Lipinski definition) is 6. The lowest BCUT2D eigenvalue weighted by atomic mass is 10.1. The largest absolute Gasteiger partial charge is 0.366 e. The fraction of sp³-hybridized carbons (Fsp3) is 0.500. The highest BCUT2D eigenvalue weighted by atomic mass is 79.9. The van der Waals surface area contributed by atoms with E-state index in [1.165, 1.54) is 38.8 Å². The molecule has 0 aromatic heterocycles. The number of anilines is 1. The number of halogens is 1. The van der Waals surface area contributed by atoms with Gasteiger partial charge in [0.2, 0.25) is 0 Å². The molecule has 180 valence electrons. The summed E-state index contributed by atoms with van der Waals surface area (Å²) in [5.74, 6) is 0. The molecule has 2 aromatic rings. The van der Waals surface area contributed by atoms with Gasteiger partial charge in [-0.1, -0.05) is 30.7 Å². The summed E-state index contributed by atoms with van der Waals surface area (Å²) in [4.78, 5) is 23.0. The van der Waals surface area contributed by atoms with Crippen LogP contribution in [-0.4, -0.2) is 36.0 Å². The van der Waals surface area contributed by atoms with Crippen molar-refractivity contribution < 1.29 is 9.85 Å². The Balaban J connectivity index is 0.000000195. The molecule has 0 atom stereocenters. The maximum Gasteiger partial charge on any atom is 0.295 e. The van der Waals surface area contributed by atoms with Gasteiger partial charge in [-0.15, -0.1) is 0 Å². The Labute approximate surface area is 203 Å². The summed E-state index contributed by atoms with van der Waals surface area (Å²) in [7, 11) is 0. The lowest BCUT2D eigenvalue weighted by Gasteiger charge is -2.28. The van der Waals surface area contributed by atoms with E-state index in [4.69, 9.17) is 0 Å². The summed E-state index contributed by atoms with van der Waals surface area (Å²) >= 11 is 3.11. The number of nitro groups is 2. The first-order valence-corrected chi connectivity index (χ1v) is 12.2. The van der Waals surface area contributed by atoms with Gasteiger partial charge >= 0.3 is 0 Å². The second-order valence-electron chi connectivity index (χ2n) is 8.22. The molecule has 0 spiro atoms. The molecule has 33 heavy (non-hydrogen) atoms. The van der Waals surface area contributed by atoms with Crippen molar-refractivity contribution in [2.75, 3.05) is 31.1 Å². The molecule has 0 saturated carbocycles. The average Bonchev–Trinajstić information content (AvgIpc) is 2.81. The second-order valence-corrected chi connectivity index (χ2v) is 9.07. The summed E-state index contributed by atoms with van der Waals surface area (Å²) in [6.45, 7) is 7.88. The maximum absolute atomic E-state index is 11.1. The van der Waals surface area contributed by atoms with E-state index in [0.717, 1.165) is 37.2 Å². The zero-order valence-electron chi connectivity index (χ0n) is 19.4. The smallest absolute Gasteiger partial charge is 0.295 e. The van der Waals surface area contributed by atoms with Crippen molar-refractivity contribution in [2.24, 2.45) is 0 Å². The standard InChI is InChI=1S/C12H16N2O2.C7H6BrNO2.C5H11N/c1-10-6-5-7-11(12(10)14(15)16)13-8-3-2-4-9-13;1-5-3-2-4-6(8)7(5)9(10)11;1-2-4-6-5-3-1/h5-7H,2-4,8-9H2,1H3;2-4H,1H3;6H,1-5H2. The molecule has 9 heteroatoms. The Hall–Kier alpha value is -2.52. The van der Waals surface area contributed by atoms with Crippen LogP contribution in [0.3, 0.4) is 0 Å². The Bertz CT molecular complexity index is 897. The maximum atomic E-state index is 11.1. The molecular formula is C24H33BrN4O4. The summed E-state index contributed by atoms with van der Waals surface area (Å²) in [5.41, 5.74) is 2.61. The molecule has 8 nitrogen and oxygen atoms in total. The van der Waals surface area contributed by atoms with Gasteiger partial charge in [-0.25, -0.2) is 0 Å². The van der Waals surface area contributed by atoms with Crippen LogP contribution in [0, 0.1) is 34.1 Å². The second kappa shape index (κ2) is 13.9. The highest BCUT2D eigenvalue weighted by Crippen LogP contribution is 2.32. The van der Waals surface area contributed by atoms with Crippen molar-refractivity contribution in [2.45, 2.75) is 52.4 Å². The normalized spacial score (nSPS) is 15.4. The molecule has 2 fully saturated rings. The quantitative estimate of drug-likeness (QED) is 0.375. The van der Waals surface area contributed by atoms with E-state index < -0.39 is 0 Å². The van der Waals surface area contributed by atoms with Crippen LogP contribution < -0.4 is 10.2 Å². The highest BCUT2D eigenvalue weighted by Gasteiger charge is 2.22. The van der Waals surface area contributed by atoms with Gasteiger partial charge in [0.15, 0.2) is 0 Å². The fourth-order valence-electron chi connectivity index (χ4n) is 3.93. The molecule has 2 aliphatic rings. The summed E-state index contributed by atoms with van der Waals surface area (Å²) < 4.78 is 0.530. The van der Waals surface area contributed by atoms with Crippen LogP contribution >= 0.6 is 15.9 Å². The number of piperidine rings is 2. The van der Waals surface area contributed by atoms with E-state index in [2.05, 4.69) is 26.1 Å². The van der Waals surface area contributed by atoms with Crippen molar-refractivity contribution in [1.29, 1.82) is 0 Å². The number of hydrogen-bond donors (Lipinski definition) is 1. The minimum atomic E-state index is -0.389. The number of aryl methyl sites for hydroxylation is 2. The van der Waals surface area contributed by atoms with Crippen LogP contribution in [0.2, 0.25) is 0 Å².